The van der Waals surface area contributed by atoms with Crippen LogP contribution in [0.1, 0.15) is 5.82 Å². The molecule has 0 bridgehead atoms. The number of anilines is 1. The van der Waals surface area contributed by atoms with Crippen LogP contribution in [-0.4, -0.2) is 20.1 Å². The number of aryl methyl sites for hydroxylation is 1. The number of fused-ring (bicyclic) bond motifs is 1. The van der Waals surface area contributed by atoms with Gasteiger partial charge in [-0.3, -0.25) is 0 Å². The fourth-order valence-electron chi connectivity index (χ4n) is 1.14. The third-order valence-electron chi connectivity index (χ3n) is 1.68. The Morgan fingerprint density at radius 3 is 2.92 bits per heavy atom. The van der Waals surface area contributed by atoms with Gasteiger partial charge in [0.1, 0.15) is 17.4 Å². The van der Waals surface area contributed by atoms with Crippen molar-refractivity contribution >= 4 is 16.9 Å². The van der Waals surface area contributed by atoms with Gasteiger partial charge in [0.05, 0.1) is 11.6 Å². The molecule has 0 spiro atoms. The first-order valence-electron chi connectivity index (χ1n) is 3.75. The molecule has 0 aliphatic carbocycles. The van der Waals surface area contributed by atoms with Crippen molar-refractivity contribution in [2.75, 3.05) is 5.73 Å². The van der Waals surface area contributed by atoms with Crippen molar-refractivity contribution in [3.8, 4) is 5.75 Å². The Labute approximate surface area is 74.3 Å². The number of hydrogen-bond donors (Lipinski definition) is 2. The number of rotatable bonds is 0. The van der Waals surface area contributed by atoms with Gasteiger partial charge in [-0.2, -0.15) is 0 Å². The maximum atomic E-state index is 9.15. The summed E-state index contributed by atoms with van der Waals surface area (Å²) in [4.78, 5) is 11.9. The van der Waals surface area contributed by atoms with E-state index in [-0.39, 0.29) is 5.75 Å². The Bertz CT molecular complexity index is 469. The van der Waals surface area contributed by atoms with E-state index in [4.69, 9.17) is 10.8 Å². The smallest absolute Gasteiger partial charge is 0.165 e. The Morgan fingerprint density at radius 2 is 2.15 bits per heavy atom. The average Bonchev–Trinajstić information content (AvgIpc) is 2.06. The Kier molecular flexibility index (Phi) is 1.51. The van der Waals surface area contributed by atoms with Crippen molar-refractivity contribution < 1.29 is 5.11 Å². The third kappa shape index (κ3) is 1.24. The normalized spacial score (nSPS) is 10.5. The number of aromatic hydroxyl groups is 1. The first kappa shape index (κ1) is 7.72. The maximum absolute atomic E-state index is 9.15. The molecule has 2 aromatic rings. The zero-order chi connectivity index (χ0) is 9.42. The lowest BCUT2D eigenvalue weighted by Gasteiger charge is -2.01. The first-order valence-corrected chi connectivity index (χ1v) is 3.75. The highest BCUT2D eigenvalue weighted by Crippen LogP contribution is 2.19. The van der Waals surface area contributed by atoms with Crippen molar-refractivity contribution in [3.05, 3.63) is 18.1 Å². The van der Waals surface area contributed by atoms with E-state index in [0.29, 0.717) is 22.7 Å². The summed E-state index contributed by atoms with van der Waals surface area (Å²) < 4.78 is 0. The topological polar surface area (TPSA) is 84.9 Å². The fourth-order valence-corrected chi connectivity index (χ4v) is 1.14. The summed E-state index contributed by atoms with van der Waals surface area (Å²) in [5, 5.41) is 9.73. The standard InChI is InChI=1S/C8H8N4O/c1-4-11-7(9)6-2-5(13)3-10-8(6)12-4/h2-3,13H,1H3,(H2,9,10,11,12). The van der Waals surface area contributed by atoms with Gasteiger partial charge in [-0.05, 0) is 13.0 Å². The average molecular weight is 176 g/mol. The van der Waals surface area contributed by atoms with Crippen LogP contribution in [0.4, 0.5) is 5.82 Å². The van der Waals surface area contributed by atoms with Crippen molar-refractivity contribution in [3.63, 3.8) is 0 Å². The number of pyridine rings is 1. The van der Waals surface area contributed by atoms with Gasteiger partial charge in [0, 0.05) is 0 Å². The summed E-state index contributed by atoms with van der Waals surface area (Å²) >= 11 is 0. The van der Waals surface area contributed by atoms with Crippen molar-refractivity contribution in [1.82, 2.24) is 15.0 Å². The predicted octanol–water partition coefficient (Wildman–Crippen LogP) is 0.621. The van der Waals surface area contributed by atoms with Crippen molar-refractivity contribution in [1.29, 1.82) is 0 Å². The van der Waals surface area contributed by atoms with Crippen LogP contribution < -0.4 is 5.73 Å². The number of nitrogens with two attached hydrogens (primary N) is 1. The maximum Gasteiger partial charge on any atom is 0.165 e. The van der Waals surface area contributed by atoms with E-state index in [0.717, 1.165) is 0 Å². The molecule has 2 heterocycles. The summed E-state index contributed by atoms with van der Waals surface area (Å²) in [6, 6.07) is 1.50. The van der Waals surface area contributed by atoms with Gasteiger partial charge in [-0.1, -0.05) is 0 Å². The Morgan fingerprint density at radius 1 is 1.38 bits per heavy atom. The van der Waals surface area contributed by atoms with Crippen LogP contribution in [0.15, 0.2) is 12.3 Å². The quantitative estimate of drug-likeness (QED) is 0.614. The second-order valence-corrected chi connectivity index (χ2v) is 2.72. The molecule has 0 aliphatic heterocycles. The van der Waals surface area contributed by atoms with E-state index in [1.165, 1.54) is 12.3 Å². The van der Waals surface area contributed by atoms with Crippen LogP contribution in [0.3, 0.4) is 0 Å². The van der Waals surface area contributed by atoms with Gasteiger partial charge in [0.25, 0.3) is 0 Å². The summed E-state index contributed by atoms with van der Waals surface area (Å²) in [6.07, 6.45) is 1.33. The lowest BCUT2D eigenvalue weighted by molar-refractivity contribution is 0.474. The van der Waals surface area contributed by atoms with Gasteiger partial charge in [0.15, 0.2) is 5.65 Å². The molecule has 5 nitrogen and oxygen atoms in total. The molecule has 2 rings (SSSR count). The van der Waals surface area contributed by atoms with Crippen LogP contribution in [0.25, 0.3) is 11.0 Å². The molecular weight excluding hydrogens is 168 g/mol. The largest absolute Gasteiger partial charge is 0.506 e. The van der Waals surface area contributed by atoms with Gasteiger partial charge < -0.3 is 10.8 Å². The van der Waals surface area contributed by atoms with Gasteiger partial charge in [-0.15, -0.1) is 0 Å². The van der Waals surface area contributed by atoms with Gasteiger partial charge in [0.2, 0.25) is 0 Å². The fraction of sp³-hybridized carbons (Fsp3) is 0.125. The zero-order valence-electron chi connectivity index (χ0n) is 7.02. The Hall–Kier alpha value is -1.91. The van der Waals surface area contributed by atoms with Crippen LogP contribution in [0.5, 0.6) is 5.75 Å². The summed E-state index contributed by atoms with van der Waals surface area (Å²) in [7, 11) is 0. The molecule has 5 heteroatoms. The second kappa shape index (κ2) is 2.55. The Balaban J connectivity index is 2.87. The summed E-state index contributed by atoms with van der Waals surface area (Å²) in [5.41, 5.74) is 6.13. The lowest BCUT2D eigenvalue weighted by atomic mass is 10.3. The molecule has 0 saturated heterocycles. The molecule has 0 radical (unpaired) electrons. The molecule has 66 valence electrons. The summed E-state index contributed by atoms with van der Waals surface area (Å²) in [6.45, 7) is 1.74. The van der Waals surface area contributed by atoms with Crippen molar-refractivity contribution in [2.24, 2.45) is 0 Å². The van der Waals surface area contributed by atoms with Crippen molar-refractivity contribution in [2.45, 2.75) is 6.92 Å². The van der Waals surface area contributed by atoms with Crippen LogP contribution in [0, 0.1) is 6.92 Å². The van der Waals surface area contributed by atoms with E-state index in [1.807, 2.05) is 0 Å². The van der Waals surface area contributed by atoms with Crippen LogP contribution in [0.2, 0.25) is 0 Å². The minimum Gasteiger partial charge on any atom is -0.506 e. The molecular formula is C8H8N4O. The molecule has 0 aromatic carbocycles. The molecule has 0 saturated carbocycles. The zero-order valence-corrected chi connectivity index (χ0v) is 7.02. The minimum atomic E-state index is 0.0617. The number of nitrogen functional groups attached to an aromatic ring is 1. The third-order valence-corrected chi connectivity index (χ3v) is 1.68. The minimum absolute atomic E-state index is 0.0617. The van der Waals surface area contributed by atoms with Crippen LogP contribution in [-0.2, 0) is 0 Å². The molecule has 0 unspecified atom stereocenters. The van der Waals surface area contributed by atoms with Gasteiger partial charge >= 0.3 is 0 Å². The number of nitrogens with zero attached hydrogens (tertiary/aromatic N) is 3. The highest BCUT2D eigenvalue weighted by atomic mass is 16.3. The monoisotopic (exact) mass is 176 g/mol. The van der Waals surface area contributed by atoms with E-state index in [1.54, 1.807) is 6.92 Å². The van der Waals surface area contributed by atoms with E-state index in [2.05, 4.69) is 15.0 Å². The molecule has 2 aromatic heterocycles. The molecule has 0 atom stereocenters. The van der Waals surface area contributed by atoms with E-state index < -0.39 is 0 Å². The highest BCUT2D eigenvalue weighted by molar-refractivity contribution is 5.85. The number of hydrogen-bond acceptors (Lipinski definition) is 5. The summed E-state index contributed by atoms with van der Waals surface area (Å²) in [5.74, 6) is 0.973. The van der Waals surface area contributed by atoms with Crippen LogP contribution >= 0.6 is 0 Å². The second-order valence-electron chi connectivity index (χ2n) is 2.72. The number of aromatic nitrogens is 3. The first-order chi connectivity index (χ1) is 6.16. The lowest BCUT2D eigenvalue weighted by Crippen LogP contribution is -1.98. The molecule has 13 heavy (non-hydrogen) atoms. The van der Waals surface area contributed by atoms with E-state index in [9.17, 15) is 0 Å². The molecule has 0 aliphatic rings. The molecule has 0 fully saturated rings. The molecule has 3 N–H and O–H groups in total. The predicted molar refractivity (Wildman–Crippen MR) is 48.1 cm³/mol. The van der Waals surface area contributed by atoms with Gasteiger partial charge in [-0.25, -0.2) is 15.0 Å². The SMILES string of the molecule is Cc1nc(N)c2cc(O)cnc2n1. The van der Waals surface area contributed by atoms with E-state index >= 15 is 0 Å². The molecule has 0 amide bonds. The highest BCUT2D eigenvalue weighted by Gasteiger charge is 2.03.